The molecule has 2 aliphatic heterocycles. The number of carbonyl (C=O) groups is 1. The molecule has 0 saturated carbocycles. The number of piperidine rings is 2. The molecule has 2 aliphatic rings. The average molecular weight is 380 g/mol. The van der Waals surface area contributed by atoms with Crippen LogP contribution in [0.3, 0.4) is 0 Å². The van der Waals surface area contributed by atoms with E-state index in [1.165, 1.54) is 32.5 Å². The zero-order chi connectivity index (χ0) is 19.6. The molecule has 0 aromatic carbocycles. The fourth-order valence-electron chi connectivity index (χ4n) is 4.34. The van der Waals surface area contributed by atoms with Gasteiger partial charge in [0.1, 0.15) is 0 Å². The Balaban J connectivity index is 1.84. The zero-order valence-electron chi connectivity index (χ0n) is 18.0. The van der Waals surface area contributed by atoms with Crippen LogP contribution in [0.25, 0.3) is 0 Å². The van der Waals surface area contributed by atoms with Gasteiger partial charge in [-0.3, -0.25) is 9.79 Å². The number of amides is 1. The van der Waals surface area contributed by atoms with E-state index in [9.17, 15) is 4.79 Å². The van der Waals surface area contributed by atoms with Gasteiger partial charge in [0.2, 0.25) is 5.91 Å². The summed E-state index contributed by atoms with van der Waals surface area (Å²) in [4.78, 5) is 21.6. The molecule has 1 unspecified atom stereocenters. The summed E-state index contributed by atoms with van der Waals surface area (Å²) < 4.78 is 0. The van der Waals surface area contributed by atoms with E-state index in [2.05, 4.69) is 41.2 Å². The lowest BCUT2D eigenvalue weighted by atomic mass is 9.93. The van der Waals surface area contributed by atoms with E-state index < -0.39 is 0 Å². The fraction of sp³-hybridized carbons (Fsp3) is 0.905. The number of carbonyl (C=O) groups excluding carboxylic acids is 1. The molecule has 6 nitrogen and oxygen atoms in total. The Kier molecular flexibility index (Phi) is 9.39. The summed E-state index contributed by atoms with van der Waals surface area (Å²) >= 11 is 0. The summed E-state index contributed by atoms with van der Waals surface area (Å²) in [5, 5.41) is 6.23. The highest BCUT2D eigenvalue weighted by Gasteiger charge is 2.24. The molecule has 27 heavy (non-hydrogen) atoms. The number of rotatable bonds is 7. The van der Waals surface area contributed by atoms with Crippen LogP contribution < -0.4 is 10.6 Å². The first-order valence-electron chi connectivity index (χ1n) is 11.0. The number of hydrogen-bond acceptors (Lipinski definition) is 3. The summed E-state index contributed by atoms with van der Waals surface area (Å²) in [6.07, 6.45) is 5.40. The van der Waals surface area contributed by atoms with Gasteiger partial charge in [-0.05, 0) is 56.9 Å². The number of aliphatic imine (C=N–C) groups is 1. The highest BCUT2D eigenvalue weighted by molar-refractivity contribution is 5.80. The molecule has 0 spiro atoms. The minimum absolute atomic E-state index is 0.164. The van der Waals surface area contributed by atoms with Gasteiger partial charge in [0.25, 0.3) is 0 Å². The van der Waals surface area contributed by atoms with Crippen LogP contribution in [0.2, 0.25) is 0 Å². The van der Waals surface area contributed by atoms with E-state index >= 15 is 0 Å². The number of nitrogens with zero attached hydrogens (tertiary/aromatic N) is 3. The highest BCUT2D eigenvalue weighted by atomic mass is 16.1. The Morgan fingerprint density at radius 3 is 2.52 bits per heavy atom. The van der Waals surface area contributed by atoms with Crippen molar-refractivity contribution in [3.63, 3.8) is 0 Å². The third-order valence-corrected chi connectivity index (χ3v) is 5.73. The van der Waals surface area contributed by atoms with Crippen molar-refractivity contribution in [2.24, 2.45) is 22.7 Å². The van der Waals surface area contributed by atoms with E-state index in [1.54, 1.807) is 7.05 Å². The van der Waals surface area contributed by atoms with E-state index in [4.69, 9.17) is 4.99 Å². The van der Waals surface area contributed by atoms with Gasteiger partial charge in [0, 0.05) is 52.7 Å². The van der Waals surface area contributed by atoms with Crippen molar-refractivity contribution in [1.82, 2.24) is 20.4 Å². The van der Waals surface area contributed by atoms with Crippen LogP contribution in [0.4, 0.5) is 0 Å². The maximum absolute atomic E-state index is 11.6. The summed E-state index contributed by atoms with van der Waals surface area (Å²) in [7, 11) is 1.72. The first kappa shape index (κ1) is 22.0. The van der Waals surface area contributed by atoms with Crippen molar-refractivity contribution in [2.75, 3.05) is 52.9 Å². The molecule has 0 bridgehead atoms. The molecule has 156 valence electrons. The van der Waals surface area contributed by atoms with Crippen LogP contribution >= 0.6 is 0 Å². The largest absolute Gasteiger partial charge is 0.359 e. The smallest absolute Gasteiger partial charge is 0.220 e. The lowest BCUT2D eigenvalue weighted by molar-refractivity contribution is -0.121. The molecular weight excluding hydrogens is 338 g/mol. The Labute approximate surface area is 166 Å². The molecule has 6 heteroatoms. The Hall–Kier alpha value is -1.30. The van der Waals surface area contributed by atoms with Crippen LogP contribution in [0.1, 0.15) is 52.9 Å². The number of likely N-dealkylation sites (tertiary alicyclic amines) is 2. The fourth-order valence-corrected chi connectivity index (χ4v) is 4.34. The predicted octanol–water partition coefficient (Wildman–Crippen LogP) is 2.17. The van der Waals surface area contributed by atoms with E-state index in [0.717, 1.165) is 50.9 Å². The monoisotopic (exact) mass is 379 g/mol. The molecule has 1 amide bonds. The number of nitrogens with one attached hydrogen (secondary N) is 2. The summed E-state index contributed by atoms with van der Waals surface area (Å²) in [5.41, 5.74) is 0. The lowest BCUT2D eigenvalue weighted by Gasteiger charge is -2.35. The van der Waals surface area contributed by atoms with Gasteiger partial charge in [0.05, 0.1) is 0 Å². The Morgan fingerprint density at radius 2 is 1.89 bits per heavy atom. The van der Waals surface area contributed by atoms with Gasteiger partial charge in [-0.25, -0.2) is 0 Å². The molecule has 0 aromatic rings. The van der Waals surface area contributed by atoms with E-state index in [0.29, 0.717) is 18.3 Å². The second-order valence-electron chi connectivity index (χ2n) is 8.66. The molecular formula is C21H41N5O. The van der Waals surface area contributed by atoms with Gasteiger partial charge in [-0.2, -0.15) is 0 Å². The van der Waals surface area contributed by atoms with Crippen molar-refractivity contribution in [2.45, 2.75) is 52.9 Å². The van der Waals surface area contributed by atoms with Gasteiger partial charge >= 0.3 is 0 Å². The Bertz CT molecular complexity index is 471. The summed E-state index contributed by atoms with van der Waals surface area (Å²) in [6, 6.07) is 0. The molecule has 2 fully saturated rings. The van der Waals surface area contributed by atoms with Crippen LogP contribution in [0.15, 0.2) is 4.99 Å². The zero-order valence-corrected chi connectivity index (χ0v) is 18.0. The maximum Gasteiger partial charge on any atom is 0.220 e. The van der Waals surface area contributed by atoms with Gasteiger partial charge in [0.15, 0.2) is 5.96 Å². The minimum atomic E-state index is 0.164. The normalized spacial score (nSPS) is 22.9. The molecule has 2 heterocycles. The topological polar surface area (TPSA) is 60.0 Å². The van der Waals surface area contributed by atoms with Gasteiger partial charge in [-0.15, -0.1) is 0 Å². The number of hydrogen-bond donors (Lipinski definition) is 2. The Morgan fingerprint density at radius 1 is 1.15 bits per heavy atom. The van der Waals surface area contributed by atoms with Crippen molar-refractivity contribution >= 4 is 11.9 Å². The van der Waals surface area contributed by atoms with Crippen molar-refractivity contribution in [1.29, 1.82) is 0 Å². The molecule has 2 saturated heterocycles. The molecule has 2 rings (SSSR count). The van der Waals surface area contributed by atoms with E-state index in [1.807, 2.05) is 0 Å². The summed E-state index contributed by atoms with van der Waals surface area (Å²) in [5.74, 6) is 3.15. The molecule has 0 aliphatic carbocycles. The second kappa shape index (κ2) is 11.5. The van der Waals surface area contributed by atoms with Crippen molar-refractivity contribution in [3.8, 4) is 0 Å². The maximum atomic E-state index is 11.6. The quantitative estimate of drug-likeness (QED) is 0.526. The van der Waals surface area contributed by atoms with Crippen LogP contribution in [-0.4, -0.2) is 74.5 Å². The minimum Gasteiger partial charge on any atom is -0.359 e. The van der Waals surface area contributed by atoms with Crippen LogP contribution in [-0.2, 0) is 4.79 Å². The lowest BCUT2D eigenvalue weighted by Crippen LogP contribution is -2.46. The van der Waals surface area contributed by atoms with Gasteiger partial charge < -0.3 is 20.4 Å². The number of guanidine groups is 1. The second-order valence-corrected chi connectivity index (χ2v) is 8.66. The van der Waals surface area contributed by atoms with Crippen LogP contribution in [0.5, 0.6) is 0 Å². The highest BCUT2D eigenvalue weighted by Crippen LogP contribution is 2.21. The standard InChI is InChI=1S/C21H41N5O/c1-5-23-21(26-11-8-18(9-12-26)13-20(27)22-4)24-14-19-7-6-10-25(16-19)15-17(2)3/h17-19H,5-16H2,1-4H3,(H,22,27)(H,23,24). The first-order valence-corrected chi connectivity index (χ1v) is 11.0. The first-order chi connectivity index (χ1) is 13.0. The molecule has 2 N–H and O–H groups in total. The summed E-state index contributed by atoms with van der Waals surface area (Å²) in [6.45, 7) is 14.2. The average Bonchev–Trinajstić information content (AvgIpc) is 2.65. The van der Waals surface area contributed by atoms with E-state index in [-0.39, 0.29) is 5.91 Å². The van der Waals surface area contributed by atoms with Gasteiger partial charge in [-0.1, -0.05) is 13.8 Å². The predicted molar refractivity (Wildman–Crippen MR) is 113 cm³/mol. The third kappa shape index (κ3) is 7.68. The SMILES string of the molecule is CCNC(=NCC1CCCN(CC(C)C)C1)N1CCC(CC(=O)NC)CC1. The molecule has 1 atom stereocenters. The third-order valence-electron chi connectivity index (χ3n) is 5.73. The van der Waals surface area contributed by atoms with Crippen molar-refractivity contribution in [3.05, 3.63) is 0 Å². The molecule has 0 radical (unpaired) electrons. The van der Waals surface area contributed by atoms with Crippen LogP contribution in [0, 0.1) is 17.8 Å². The van der Waals surface area contributed by atoms with Crippen molar-refractivity contribution < 1.29 is 4.79 Å². The molecule has 0 aromatic heterocycles.